The smallest absolute Gasteiger partial charge is 0.256 e. The van der Waals surface area contributed by atoms with Crippen LogP contribution in [0.3, 0.4) is 0 Å². The van der Waals surface area contributed by atoms with E-state index >= 15 is 0 Å². The lowest BCUT2D eigenvalue weighted by Crippen LogP contribution is -2.51. The molecule has 3 aromatic rings. The van der Waals surface area contributed by atoms with E-state index in [0.29, 0.717) is 6.42 Å². The summed E-state index contributed by atoms with van der Waals surface area (Å²) in [6.07, 6.45) is 2.49. The molecule has 0 spiro atoms. The summed E-state index contributed by atoms with van der Waals surface area (Å²) in [7, 11) is -4.19. The summed E-state index contributed by atoms with van der Waals surface area (Å²) < 4.78 is 40.7. The van der Waals surface area contributed by atoms with Crippen LogP contribution < -0.4 is 10.9 Å². The first-order valence-electron chi connectivity index (χ1n) is 9.78. The second-order valence-corrected chi connectivity index (χ2v) is 9.14. The number of nitrogens with one attached hydrogen (secondary N) is 3. The van der Waals surface area contributed by atoms with Gasteiger partial charge in [0.25, 0.3) is 5.91 Å². The Balaban J connectivity index is 1.41. The fraction of sp³-hybridized carbons (Fsp3) is 0.238. The highest BCUT2D eigenvalue weighted by Gasteiger charge is 2.40. The van der Waals surface area contributed by atoms with Gasteiger partial charge < -0.3 is 4.98 Å². The van der Waals surface area contributed by atoms with Gasteiger partial charge in [-0.3, -0.25) is 20.4 Å². The first kappa shape index (κ1) is 21.0. The zero-order valence-electron chi connectivity index (χ0n) is 16.5. The molecule has 2 heterocycles. The molecular weight excluding hydrogens is 423 g/mol. The van der Waals surface area contributed by atoms with Gasteiger partial charge in [-0.25, -0.2) is 12.8 Å². The molecule has 2 aromatic carbocycles. The van der Waals surface area contributed by atoms with E-state index in [2.05, 4.69) is 15.8 Å². The van der Waals surface area contributed by atoms with E-state index in [1.165, 1.54) is 18.2 Å². The Labute approximate surface area is 178 Å². The standard InChI is InChI=1S/C21H21FN4O4S/c22-16-7-2-4-10-19(16)31(29,30)26-11-5-9-18(26)21(28)25-24-20(27)12-14-13-23-17-8-3-1-6-15(14)17/h1-4,6-8,10,13,18,23H,5,9,11-12H2,(H,24,27)(H,25,28). The molecule has 4 rings (SSSR count). The van der Waals surface area contributed by atoms with Gasteiger partial charge in [0.1, 0.15) is 16.8 Å². The van der Waals surface area contributed by atoms with Crippen molar-refractivity contribution < 1.29 is 22.4 Å². The predicted octanol–water partition coefficient (Wildman–Crippen LogP) is 1.85. The number of amides is 2. The van der Waals surface area contributed by atoms with Crippen molar-refractivity contribution in [1.82, 2.24) is 20.1 Å². The van der Waals surface area contributed by atoms with E-state index < -0.39 is 38.6 Å². The summed E-state index contributed by atoms with van der Waals surface area (Å²) in [5, 5.41) is 0.905. The first-order chi connectivity index (χ1) is 14.9. The highest BCUT2D eigenvalue weighted by atomic mass is 32.2. The molecule has 162 valence electrons. The fourth-order valence-electron chi connectivity index (χ4n) is 3.78. The van der Waals surface area contributed by atoms with E-state index in [0.717, 1.165) is 26.8 Å². The molecule has 1 atom stereocenters. The Morgan fingerprint density at radius 1 is 1.10 bits per heavy atom. The fourth-order valence-corrected chi connectivity index (χ4v) is 5.50. The number of aromatic amines is 1. The summed E-state index contributed by atoms with van der Waals surface area (Å²) in [6.45, 7) is 0.0953. The van der Waals surface area contributed by atoms with Crippen molar-refractivity contribution in [2.45, 2.75) is 30.2 Å². The number of aromatic nitrogens is 1. The van der Waals surface area contributed by atoms with Crippen molar-refractivity contribution in [3.8, 4) is 0 Å². The minimum Gasteiger partial charge on any atom is -0.361 e. The molecule has 1 aromatic heterocycles. The maximum Gasteiger partial charge on any atom is 0.256 e. The molecule has 2 amide bonds. The number of hydrogen-bond acceptors (Lipinski definition) is 4. The van der Waals surface area contributed by atoms with E-state index in [9.17, 15) is 22.4 Å². The first-order valence-corrected chi connectivity index (χ1v) is 11.2. The van der Waals surface area contributed by atoms with E-state index in [1.807, 2.05) is 24.3 Å². The molecule has 0 aliphatic carbocycles. The molecule has 0 bridgehead atoms. The van der Waals surface area contributed by atoms with Gasteiger partial charge in [-0.15, -0.1) is 0 Å². The average molecular weight is 444 g/mol. The summed E-state index contributed by atoms with van der Waals surface area (Å²) in [5.74, 6) is -1.98. The number of halogens is 1. The molecule has 1 saturated heterocycles. The third kappa shape index (κ3) is 4.17. The number of carbonyl (C=O) groups excluding carboxylic acids is 2. The molecule has 3 N–H and O–H groups in total. The lowest BCUT2D eigenvalue weighted by atomic mass is 10.1. The van der Waals surface area contributed by atoms with E-state index in [4.69, 9.17) is 0 Å². The Kier molecular flexibility index (Phi) is 5.75. The largest absolute Gasteiger partial charge is 0.361 e. The van der Waals surface area contributed by atoms with E-state index in [-0.39, 0.29) is 19.4 Å². The molecule has 1 aliphatic rings. The number of hydrogen-bond donors (Lipinski definition) is 3. The zero-order chi connectivity index (χ0) is 22.0. The molecule has 0 radical (unpaired) electrons. The normalized spacial score (nSPS) is 17.0. The number of nitrogens with zero attached hydrogens (tertiary/aromatic N) is 1. The van der Waals surface area contributed by atoms with Gasteiger partial charge in [0, 0.05) is 23.6 Å². The van der Waals surface area contributed by atoms with Crippen molar-refractivity contribution in [1.29, 1.82) is 0 Å². The third-order valence-corrected chi connectivity index (χ3v) is 7.22. The number of para-hydroxylation sites is 1. The van der Waals surface area contributed by atoms with Crippen LogP contribution in [0, 0.1) is 5.82 Å². The van der Waals surface area contributed by atoms with Gasteiger partial charge in [0.05, 0.1) is 6.42 Å². The molecule has 10 heteroatoms. The molecule has 1 aliphatic heterocycles. The number of hydrazine groups is 1. The molecular formula is C21H21FN4O4S. The van der Waals surface area contributed by atoms with Crippen LogP contribution in [0.15, 0.2) is 59.6 Å². The van der Waals surface area contributed by atoms with Crippen molar-refractivity contribution in [3.63, 3.8) is 0 Å². The average Bonchev–Trinajstić information content (AvgIpc) is 3.40. The zero-order valence-corrected chi connectivity index (χ0v) is 17.3. The van der Waals surface area contributed by atoms with Crippen LogP contribution in [0.4, 0.5) is 4.39 Å². The highest BCUT2D eigenvalue weighted by molar-refractivity contribution is 7.89. The number of benzene rings is 2. The SMILES string of the molecule is O=C(Cc1c[nH]c2ccccc12)NNC(=O)C1CCCN1S(=O)(=O)c1ccccc1F. The van der Waals surface area contributed by atoms with Crippen LogP contribution in [-0.4, -0.2) is 42.1 Å². The monoisotopic (exact) mass is 444 g/mol. The third-order valence-electron chi connectivity index (χ3n) is 5.28. The number of carbonyl (C=O) groups is 2. The summed E-state index contributed by atoms with van der Waals surface area (Å²) in [4.78, 5) is 27.5. The summed E-state index contributed by atoms with van der Waals surface area (Å²) in [6, 6.07) is 11.5. The van der Waals surface area contributed by atoms with Crippen molar-refractivity contribution in [3.05, 3.63) is 66.1 Å². The summed E-state index contributed by atoms with van der Waals surface area (Å²) >= 11 is 0. The molecule has 1 unspecified atom stereocenters. The van der Waals surface area contributed by atoms with Crippen LogP contribution in [0.2, 0.25) is 0 Å². The molecule has 31 heavy (non-hydrogen) atoms. The minimum atomic E-state index is -4.19. The minimum absolute atomic E-state index is 0.0339. The van der Waals surface area contributed by atoms with Crippen LogP contribution in [0.1, 0.15) is 18.4 Å². The summed E-state index contributed by atoms with van der Waals surface area (Å²) in [5.41, 5.74) is 6.31. The molecule has 0 saturated carbocycles. The van der Waals surface area contributed by atoms with Gasteiger partial charge in [-0.05, 0) is 36.6 Å². The predicted molar refractivity (Wildman–Crippen MR) is 112 cm³/mol. The van der Waals surface area contributed by atoms with Crippen molar-refractivity contribution in [2.24, 2.45) is 0 Å². The topological polar surface area (TPSA) is 111 Å². The highest BCUT2D eigenvalue weighted by Crippen LogP contribution is 2.27. The van der Waals surface area contributed by atoms with Crippen molar-refractivity contribution in [2.75, 3.05) is 6.54 Å². The number of rotatable bonds is 5. The van der Waals surface area contributed by atoms with Gasteiger partial charge in [-0.1, -0.05) is 30.3 Å². The Hall–Kier alpha value is -3.24. The second-order valence-electron chi connectivity index (χ2n) is 7.28. The number of fused-ring (bicyclic) bond motifs is 1. The maximum atomic E-state index is 14.0. The lowest BCUT2D eigenvalue weighted by Gasteiger charge is -2.23. The lowest BCUT2D eigenvalue weighted by molar-refractivity contribution is -0.130. The Morgan fingerprint density at radius 2 is 1.84 bits per heavy atom. The van der Waals surface area contributed by atoms with Gasteiger partial charge >= 0.3 is 0 Å². The van der Waals surface area contributed by atoms with Crippen LogP contribution >= 0.6 is 0 Å². The Bertz CT molecular complexity index is 1240. The van der Waals surface area contributed by atoms with Gasteiger partial charge in [0.15, 0.2) is 0 Å². The van der Waals surface area contributed by atoms with Crippen molar-refractivity contribution >= 4 is 32.7 Å². The molecule has 1 fully saturated rings. The van der Waals surface area contributed by atoms with Gasteiger partial charge in [-0.2, -0.15) is 4.31 Å². The van der Waals surface area contributed by atoms with Crippen LogP contribution in [-0.2, 0) is 26.0 Å². The second kappa shape index (κ2) is 8.48. The van der Waals surface area contributed by atoms with Crippen LogP contribution in [0.25, 0.3) is 10.9 Å². The van der Waals surface area contributed by atoms with Gasteiger partial charge in [0.2, 0.25) is 15.9 Å². The number of H-pyrrole nitrogens is 1. The Morgan fingerprint density at radius 3 is 2.65 bits per heavy atom. The quantitative estimate of drug-likeness (QED) is 0.522. The van der Waals surface area contributed by atoms with Crippen LogP contribution in [0.5, 0.6) is 0 Å². The maximum absolute atomic E-state index is 14.0. The molecule has 8 nitrogen and oxygen atoms in total. The van der Waals surface area contributed by atoms with E-state index in [1.54, 1.807) is 6.20 Å². The number of sulfonamides is 1.